The first-order valence-corrected chi connectivity index (χ1v) is 9.49. The van der Waals surface area contributed by atoms with Crippen molar-refractivity contribution in [2.24, 2.45) is 0 Å². The third-order valence-corrected chi connectivity index (χ3v) is 4.60. The van der Waals surface area contributed by atoms with Crippen LogP contribution in [0.2, 0.25) is 0 Å². The molecule has 0 saturated heterocycles. The molecule has 0 saturated carbocycles. The topological polar surface area (TPSA) is 106 Å². The quantitative estimate of drug-likeness (QED) is 0.720. The third-order valence-electron chi connectivity index (χ3n) is 3.46. The number of carbonyl (C=O) groups excluding carboxylic acids is 2. The molecule has 0 radical (unpaired) electrons. The van der Waals surface area contributed by atoms with Crippen LogP contribution in [-0.2, 0) is 26.1 Å². The summed E-state index contributed by atoms with van der Waals surface area (Å²) in [5.74, 6) is -1.01. The van der Waals surface area contributed by atoms with Gasteiger partial charge in [-0.15, -0.1) is 0 Å². The minimum Gasteiger partial charge on any atom is -0.465 e. The Morgan fingerprint density at radius 1 is 1.15 bits per heavy atom. The van der Waals surface area contributed by atoms with Crippen molar-refractivity contribution in [1.29, 1.82) is 0 Å². The van der Waals surface area contributed by atoms with Crippen LogP contribution in [0.3, 0.4) is 0 Å². The van der Waals surface area contributed by atoms with E-state index in [1.54, 1.807) is 24.4 Å². The molecule has 0 aliphatic heterocycles. The van der Waals surface area contributed by atoms with Crippen molar-refractivity contribution in [2.75, 3.05) is 24.2 Å². The zero-order valence-corrected chi connectivity index (χ0v) is 15.2. The summed E-state index contributed by atoms with van der Waals surface area (Å²) in [6, 6.07) is 11.1. The molecular formula is C17H19N3O5S. The van der Waals surface area contributed by atoms with E-state index in [0.29, 0.717) is 5.69 Å². The fourth-order valence-corrected chi connectivity index (χ4v) is 3.02. The summed E-state index contributed by atoms with van der Waals surface area (Å²) in [5, 5.41) is 2.63. The minimum absolute atomic E-state index is 0.193. The maximum Gasteiger partial charge on any atom is 0.337 e. The molecule has 1 aromatic carbocycles. The maximum absolute atomic E-state index is 12.1. The average molecular weight is 377 g/mol. The van der Waals surface area contributed by atoms with Crippen molar-refractivity contribution < 1.29 is 22.7 Å². The number of pyridine rings is 1. The number of nitrogens with one attached hydrogen (secondary N) is 1. The lowest BCUT2D eigenvalue weighted by molar-refractivity contribution is -0.119. The van der Waals surface area contributed by atoms with E-state index >= 15 is 0 Å². The van der Waals surface area contributed by atoms with E-state index in [0.717, 1.165) is 10.6 Å². The molecule has 0 aliphatic carbocycles. The van der Waals surface area contributed by atoms with E-state index in [2.05, 4.69) is 15.0 Å². The van der Waals surface area contributed by atoms with E-state index in [9.17, 15) is 18.0 Å². The molecule has 138 valence electrons. The predicted octanol–water partition coefficient (Wildman–Crippen LogP) is 0.951. The van der Waals surface area contributed by atoms with Gasteiger partial charge in [0.15, 0.2) is 0 Å². The summed E-state index contributed by atoms with van der Waals surface area (Å²) in [4.78, 5) is 27.7. The standard InChI is InChI=1S/C17H19N3O5S/c1-25-17(22)13-6-8-15(9-7-13)20(26(2,23)24)12-16(21)19-11-14-5-3-4-10-18-14/h3-10H,11-12H2,1-2H3,(H,19,21). The van der Waals surface area contributed by atoms with Crippen LogP contribution < -0.4 is 9.62 Å². The SMILES string of the molecule is COC(=O)c1ccc(N(CC(=O)NCc2ccccn2)S(C)(=O)=O)cc1. The lowest BCUT2D eigenvalue weighted by Crippen LogP contribution is -2.40. The van der Waals surface area contributed by atoms with E-state index in [1.165, 1.54) is 31.4 Å². The van der Waals surface area contributed by atoms with E-state index in [1.807, 2.05) is 0 Å². The van der Waals surface area contributed by atoms with Gasteiger partial charge in [0, 0.05) is 6.20 Å². The van der Waals surface area contributed by atoms with Crippen molar-refractivity contribution in [3.05, 3.63) is 59.9 Å². The van der Waals surface area contributed by atoms with Crippen molar-refractivity contribution in [3.8, 4) is 0 Å². The molecule has 26 heavy (non-hydrogen) atoms. The van der Waals surface area contributed by atoms with E-state index < -0.39 is 21.9 Å². The molecule has 0 unspecified atom stereocenters. The van der Waals surface area contributed by atoms with Crippen molar-refractivity contribution >= 4 is 27.6 Å². The monoisotopic (exact) mass is 377 g/mol. The Labute approximate surface area is 151 Å². The number of rotatable bonds is 7. The van der Waals surface area contributed by atoms with E-state index in [4.69, 9.17) is 0 Å². The van der Waals surface area contributed by atoms with Crippen molar-refractivity contribution in [3.63, 3.8) is 0 Å². The molecule has 0 aliphatic rings. The molecule has 1 aromatic heterocycles. The molecule has 2 aromatic rings. The summed E-state index contributed by atoms with van der Waals surface area (Å²) in [6.07, 6.45) is 2.61. The number of esters is 1. The number of sulfonamides is 1. The number of ether oxygens (including phenoxy) is 1. The highest BCUT2D eigenvalue weighted by Crippen LogP contribution is 2.18. The minimum atomic E-state index is -3.69. The first-order valence-electron chi connectivity index (χ1n) is 7.64. The number of methoxy groups -OCH3 is 1. The second-order valence-corrected chi connectivity index (χ2v) is 7.31. The summed E-state index contributed by atoms with van der Waals surface area (Å²) >= 11 is 0. The molecule has 0 fully saturated rings. The second-order valence-electron chi connectivity index (χ2n) is 5.41. The summed E-state index contributed by atoms with van der Waals surface area (Å²) < 4.78 is 29.7. The molecule has 1 N–H and O–H groups in total. The van der Waals surface area contributed by atoms with Gasteiger partial charge in [-0.2, -0.15) is 0 Å². The molecule has 8 nitrogen and oxygen atoms in total. The van der Waals surface area contributed by atoms with Gasteiger partial charge in [0.1, 0.15) is 6.54 Å². The Bertz CT molecular complexity index is 867. The summed E-state index contributed by atoms with van der Waals surface area (Å²) in [6.45, 7) is -0.193. The lowest BCUT2D eigenvalue weighted by Gasteiger charge is -2.22. The van der Waals surface area contributed by atoms with Gasteiger partial charge in [-0.3, -0.25) is 14.1 Å². The Morgan fingerprint density at radius 3 is 2.38 bits per heavy atom. The first-order chi connectivity index (χ1) is 12.3. The van der Waals surface area contributed by atoms with Gasteiger partial charge in [-0.05, 0) is 36.4 Å². The fraction of sp³-hybridized carbons (Fsp3) is 0.235. The fourth-order valence-electron chi connectivity index (χ4n) is 2.16. The highest BCUT2D eigenvalue weighted by Gasteiger charge is 2.21. The Morgan fingerprint density at radius 2 is 1.85 bits per heavy atom. The van der Waals surface area contributed by atoms with Crippen LogP contribution in [0.4, 0.5) is 5.69 Å². The van der Waals surface area contributed by atoms with Crippen molar-refractivity contribution in [1.82, 2.24) is 10.3 Å². The van der Waals surface area contributed by atoms with Crippen LogP contribution in [0.25, 0.3) is 0 Å². The van der Waals surface area contributed by atoms with Gasteiger partial charge < -0.3 is 10.1 Å². The number of aromatic nitrogens is 1. The molecule has 9 heteroatoms. The van der Waals surface area contributed by atoms with Crippen molar-refractivity contribution in [2.45, 2.75) is 6.54 Å². The Hall–Kier alpha value is -2.94. The molecule has 1 amide bonds. The lowest BCUT2D eigenvalue weighted by atomic mass is 10.2. The number of benzene rings is 1. The third kappa shape index (κ3) is 5.28. The number of amides is 1. The van der Waals surface area contributed by atoms with Gasteiger partial charge in [0.2, 0.25) is 15.9 Å². The molecule has 2 rings (SSSR count). The number of nitrogens with zero attached hydrogens (tertiary/aromatic N) is 2. The number of hydrogen-bond donors (Lipinski definition) is 1. The molecule has 0 spiro atoms. The first kappa shape index (κ1) is 19.4. The van der Waals surface area contributed by atoms with E-state index in [-0.39, 0.29) is 24.3 Å². The predicted molar refractivity (Wildman–Crippen MR) is 96.1 cm³/mol. The van der Waals surface area contributed by atoms with Crippen LogP contribution in [-0.4, -0.2) is 45.2 Å². The largest absolute Gasteiger partial charge is 0.465 e. The summed E-state index contributed by atoms with van der Waals surface area (Å²) in [5.41, 5.74) is 1.21. The van der Waals surface area contributed by atoms with Crippen LogP contribution in [0.1, 0.15) is 16.1 Å². The zero-order valence-electron chi connectivity index (χ0n) is 14.4. The Kier molecular flexibility index (Phi) is 6.29. The van der Waals surface area contributed by atoms with Gasteiger partial charge in [-0.25, -0.2) is 13.2 Å². The molecule has 1 heterocycles. The number of anilines is 1. The normalized spacial score (nSPS) is 10.8. The highest BCUT2D eigenvalue weighted by atomic mass is 32.2. The zero-order chi connectivity index (χ0) is 19.2. The number of hydrogen-bond acceptors (Lipinski definition) is 6. The smallest absolute Gasteiger partial charge is 0.337 e. The average Bonchev–Trinajstić information content (AvgIpc) is 2.64. The summed E-state index contributed by atoms with van der Waals surface area (Å²) in [7, 11) is -2.44. The van der Waals surface area contributed by atoms with Gasteiger partial charge in [0.25, 0.3) is 0 Å². The highest BCUT2D eigenvalue weighted by molar-refractivity contribution is 7.92. The van der Waals surface area contributed by atoms with Gasteiger partial charge >= 0.3 is 5.97 Å². The molecule has 0 atom stereocenters. The van der Waals surface area contributed by atoms with Crippen LogP contribution in [0.15, 0.2) is 48.7 Å². The second kappa shape index (κ2) is 8.43. The van der Waals surface area contributed by atoms with Crippen LogP contribution >= 0.6 is 0 Å². The maximum atomic E-state index is 12.1. The van der Waals surface area contributed by atoms with Gasteiger partial charge in [-0.1, -0.05) is 6.07 Å². The van der Waals surface area contributed by atoms with Crippen LogP contribution in [0, 0.1) is 0 Å². The molecular weight excluding hydrogens is 358 g/mol. The van der Waals surface area contributed by atoms with Crippen LogP contribution in [0.5, 0.6) is 0 Å². The Balaban J connectivity index is 2.10. The molecule has 0 bridgehead atoms. The van der Waals surface area contributed by atoms with Gasteiger partial charge in [0.05, 0.1) is 36.9 Å². The number of carbonyl (C=O) groups is 2.